The highest BCUT2D eigenvalue weighted by atomic mass is 79.9. The van der Waals surface area contributed by atoms with E-state index in [-0.39, 0.29) is 5.54 Å². The number of halogens is 1. The van der Waals surface area contributed by atoms with Gasteiger partial charge in [0.1, 0.15) is 10.3 Å². The van der Waals surface area contributed by atoms with Gasteiger partial charge < -0.3 is 14.5 Å². The van der Waals surface area contributed by atoms with Crippen molar-refractivity contribution >= 4 is 27.7 Å². The van der Waals surface area contributed by atoms with Gasteiger partial charge >= 0.3 is 6.09 Å². The Labute approximate surface area is 131 Å². The average Bonchev–Trinajstić information content (AvgIpc) is 2.95. The number of hydrogen-bond donors (Lipinski definition) is 1. The minimum atomic E-state index is -0.661. The van der Waals surface area contributed by atoms with Gasteiger partial charge in [-0.25, -0.2) is 14.8 Å². The zero-order valence-electron chi connectivity index (χ0n) is 12.2. The molecule has 1 saturated carbocycles. The van der Waals surface area contributed by atoms with Crippen LogP contribution >= 0.6 is 15.9 Å². The lowest BCUT2D eigenvalue weighted by Crippen LogP contribution is -2.42. The maximum atomic E-state index is 12.0. The van der Waals surface area contributed by atoms with Gasteiger partial charge in [-0.1, -0.05) is 0 Å². The molecule has 0 radical (unpaired) electrons. The SMILES string of the molecule is CC(C)(C)NC(=O)OC1(c2nc(Br)cn3ccnc23)CC1. The van der Waals surface area contributed by atoms with E-state index in [0.717, 1.165) is 18.5 Å². The number of carbonyl (C=O) groups is 1. The Kier molecular flexibility index (Phi) is 3.20. The van der Waals surface area contributed by atoms with Crippen LogP contribution in [0.15, 0.2) is 23.2 Å². The molecule has 21 heavy (non-hydrogen) atoms. The summed E-state index contributed by atoms with van der Waals surface area (Å²) in [6, 6.07) is 0. The third kappa shape index (κ3) is 2.88. The molecule has 1 N–H and O–H groups in total. The van der Waals surface area contributed by atoms with Gasteiger partial charge in [-0.05, 0) is 49.5 Å². The van der Waals surface area contributed by atoms with Crippen molar-refractivity contribution in [3.63, 3.8) is 0 Å². The van der Waals surface area contributed by atoms with E-state index < -0.39 is 11.7 Å². The quantitative estimate of drug-likeness (QED) is 0.901. The van der Waals surface area contributed by atoms with Gasteiger partial charge in [0, 0.05) is 24.1 Å². The molecule has 0 aliphatic heterocycles. The first kappa shape index (κ1) is 14.3. The Morgan fingerprint density at radius 3 is 2.81 bits per heavy atom. The van der Waals surface area contributed by atoms with Crippen LogP contribution in [0.2, 0.25) is 0 Å². The minimum absolute atomic E-state index is 0.333. The second-order valence-electron chi connectivity index (χ2n) is 6.33. The molecule has 1 aliphatic carbocycles. The van der Waals surface area contributed by atoms with Crippen molar-refractivity contribution in [1.29, 1.82) is 0 Å². The number of imidazole rings is 1. The van der Waals surface area contributed by atoms with Crippen LogP contribution in [0.3, 0.4) is 0 Å². The molecule has 112 valence electrons. The smallest absolute Gasteiger partial charge is 0.408 e. The van der Waals surface area contributed by atoms with Gasteiger partial charge in [0.25, 0.3) is 0 Å². The number of aromatic nitrogens is 3. The lowest BCUT2D eigenvalue weighted by molar-refractivity contribution is 0.0735. The van der Waals surface area contributed by atoms with E-state index >= 15 is 0 Å². The largest absolute Gasteiger partial charge is 0.436 e. The van der Waals surface area contributed by atoms with E-state index in [0.29, 0.717) is 10.3 Å². The predicted molar refractivity (Wildman–Crippen MR) is 81.0 cm³/mol. The highest BCUT2D eigenvalue weighted by Gasteiger charge is 2.52. The van der Waals surface area contributed by atoms with E-state index in [4.69, 9.17) is 4.74 Å². The van der Waals surface area contributed by atoms with Gasteiger partial charge in [0.2, 0.25) is 0 Å². The fraction of sp³-hybridized carbons (Fsp3) is 0.500. The molecule has 1 amide bonds. The lowest BCUT2D eigenvalue weighted by atomic mass is 10.1. The Balaban J connectivity index is 1.91. The fourth-order valence-electron chi connectivity index (χ4n) is 2.22. The van der Waals surface area contributed by atoms with E-state index in [1.54, 1.807) is 6.20 Å². The van der Waals surface area contributed by atoms with Crippen LogP contribution in [0.5, 0.6) is 0 Å². The van der Waals surface area contributed by atoms with Gasteiger partial charge in [-0.2, -0.15) is 0 Å². The van der Waals surface area contributed by atoms with E-state index in [2.05, 4.69) is 31.2 Å². The van der Waals surface area contributed by atoms with Crippen LogP contribution in [-0.4, -0.2) is 26.0 Å². The Hall–Kier alpha value is -1.63. The Morgan fingerprint density at radius 2 is 2.19 bits per heavy atom. The van der Waals surface area contributed by atoms with Crippen molar-refractivity contribution in [3.05, 3.63) is 28.9 Å². The first-order valence-corrected chi connectivity index (χ1v) is 7.59. The van der Waals surface area contributed by atoms with E-state index in [1.165, 1.54) is 0 Å². The molecule has 2 aromatic rings. The number of hydrogen-bond acceptors (Lipinski definition) is 4. The topological polar surface area (TPSA) is 68.5 Å². The van der Waals surface area contributed by atoms with Crippen LogP contribution < -0.4 is 5.32 Å². The zero-order valence-corrected chi connectivity index (χ0v) is 13.8. The molecule has 2 heterocycles. The molecule has 0 saturated heterocycles. The standard InChI is InChI=1S/C14H17BrN4O2/c1-13(2,3)18-12(20)21-14(4-5-14)10-11-16-6-7-19(11)8-9(15)17-10/h6-8H,4-5H2,1-3H3,(H,18,20). The summed E-state index contributed by atoms with van der Waals surface area (Å²) in [5.74, 6) is 0. The van der Waals surface area contributed by atoms with Crippen molar-refractivity contribution in [3.8, 4) is 0 Å². The fourth-order valence-corrected chi connectivity index (χ4v) is 2.61. The maximum Gasteiger partial charge on any atom is 0.408 e. The van der Waals surface area contributed by atoms with Crippen LogP contribution in [0.1, 0.15) is 39.3 Å². The molecular weight excluding hydrogens is 336 g/mol. The Bertz CT molecular complexity index is 701. The van der Waals surface area contributed by atoms with Gasteiger partial charge in [0.15, 0.2) is 11.2 Å². The molecule has 1 aliphatic rings. The monoisotopic (exact) mass is 352 g/mol. The molecule has 3 rings (SSSR count). The molecule has 0 bridgehead atoms. The second-order valence-corrected chi connectivity index (χ2v) is 7.14. The third-order valence-corrected chi connectivity index (χ3v) is 3.63. The van der Waals surface area contributed by atoms with Crippen molar-refractivity contribution in [2.24, 2.45) is 0 Å². The number of alkyl carbamates (subject to hydrolysis) is 1. The predicted octanol–water partition coefficient (Wildman–Crippen LogP) is 3.01. The van der Waals surface area contributed by atoms with Crippen LogP contribution in [0.25, 0.3) is 5.65 Å². The lowest BCUT2D eigenvalue weighted by Gasteiger charge is -2.23. The summed E-state index contributed by atoms with van der Waals surface area (Å²) in [4.78, 5) is 20.8. The zero-order chi connectivity index (χ0) is 15.3. The molecule has 7 heteroatoms. The summed E-state index contributed by atoms with van der Waals surface area (Å²) < 4.78 is 8.22. The van der Waals surface area contributed by atoms with Crippen LogP contribution in [0.4, 0.5) is 4.79 Å². The third-order valence-electron chi connectivity index (χ3n) is 3.25. The molecule has 0 atom stereocenters. The van der Waals surface area contributed by atoms with Crippen LogP contribution in [0, 0.1) is 0 Å². The molecule has 0 unspecified atom stereocenters. The summed E-state index contributed by atoms with van der Waals surface area (Å²) in [7, 11) is 0. The second kappa shape index (κ2) is 4.69. The van der Waals surface area contributed by atoms with Crippen molar-refractivity contribution in [2.45, 2.75) is 44.8 Å². The maximum absolute atomic E-state index is 12.0. The van der Waals surface area contributed by atoms with Gasteiger partial charge in [-0.3, -0.25) is 0 Å². The van der Waals surface area contributed by atoms with Crippen molar-refractivity contribution in [1.82, 2.24) is 19.7 Å². The highest BCUT2D eigenvalue weighted by molar-refractivity contribution is 9.10. The molecule has 1 fully saturated rings. The van der Waals surface area contributed by atoms with Crippen LogP contribution in [-0.2, 0) is 10.3 Å². The molecule has 6 nitrogen and oxygen atoms in total. The summed E-state index contributed by atoms with van der Waals surface area (Å²) in [6.45, 7) is 5.74. The number of ether oxygens (including phenoxy) is 1. The summed E-state index contributed by atoms with van der Waals surface area (Å²) in [5, 5.41) is 2.81. The first-order chi connectivity index (χ1) is 9.79. The number of fused-ring (bicyclic) bond motifs is 1. The number of carbonyl (C=O) groups excluding carboxylic acids is 1. The molecule has 0 aromatic carbocycles. The average molecular weight is 353 g/mol. The number of rotatable bonds is 2. The minimum Gasteiger partial charge on any atom is -0.436 e. The number of nitrogens with one attached hydrogen (secondary N) is 1. The highest BCUT2D eigenvalue weighted by Crippen LogP contribution is 2.49. The van der Waals surface area contributed by atoms with E-state index in [9.17, 15) is 4.79 Å². The first-order valence-electron chi connectivity index (χ1n) is 6.80. The summed E-state index contributed by atoms with van der Waals surface area (Å²) in [6.07, 6.45) is 6.48. The van der Waals surface area contributed by atoms with Crippen molar-refractivity contribution < 1.29 is 9.53 Å². The molecule has 2 aromatic heterocycles. The number of amides is 1. The summed E-state index contributed by atoms with van der Waals surface area (Å²) >= 11 is 3.39. The Morgan fingerprint density at radius 1 is 1.48 bits per heavy atom. The van der Waals surface area contributed by atoms with Gasteiger partial charge in [0.05, 0.1) is 0 Å². The van der Waals surface area contributed by atoms with Gasteiger partial charge in [-0.15, -0.1) is 0 Å². The number of nitrogens with zero attached hydrogens (tertiary/aromatic N) is 3. The normalized spacial score (nSPS) is 16.8. The van der Waals surface area contributed by atoms with E-state index in [1.807, 2.05) is 37.6 Å². The molecule has 0 spiro atoms. The molecular formula is C14H17BrN4O2. The van der Waals surface area contributed by atoms with Crippen molar-refractivity contribution in [2.75, 3.05) is 0 Å². The summed E-state index contributed by atoms with van der Waals surface area (Å²) in [5.41, 5.74) is 0.428.